The Labute approximate surface area is 97.6 Å². The van der Waals surface area contributed by atoms with Gasteiger partial charge in [-0.25, -0.2) is 0 Å². The SMILES string of the molecule is COc1ccc(-c2cn[nH]c2N)c2cc[nH]c12. The minimum absolute atomic E-state index is 0.567. The molecule has 0 saturated carbocycles. The zero-order valence-electron chi connectivity index (χ0n) is 9.32. The molecule has 0 spiro atoms. The standard InChI is InChI=1S/C12H12N4O/c1-17-10-3-2-7(8-4-5-14-11(8)10)9-6-15-16-12(9)13/h2-6,14H,1H3,(H3,13,15,16). The first-order chi connectivity index (χ1) is 8.31. The van der Waals surface area contributed by atoms with Crippen LogP contribution in [0.5, 0.6) is 5.75 Å². The first kappa shape index (κ1) is 9.77. The number of benzene rings is 1. The minimum atomic E-state index is 0.567. The van der Waals surface area contributed by atoms with Gasteiger partial charge in [0.1, 0.15) is 11.6 Å². The van der Waals surface area contributed by atoms with Crippen LogP contribution in [0.2, 0.25) is 0 Å². The normalized spacial score (nSPS) is 10.9. The van der Waals surface area contributed by atoms with Gasteiger partial charge < -0.3 is 15.5 Å². The molecule has 0 aliphatic rings. The van der Waals surface area contributed by atoms with Gasteiger partial charge in [0.15, 0.2) is 0 Å². The van der Waals surface area contributed by atoms with Crippen LogP contribution >= 0.6 is 0 Å². The Bertz CT molecular complexity index is 668. The predicted molar refractivity (Wildman–Crippen MR) is 66.8 cm³/mol. The molecule has 3 aromatic rings. The molecule has 17 heavy (non-hydrogen) atoms. The Balaban J connectivity index is 2.32. The summed E-state index contributed by atoms with van der Waals surface area (Å²) in [6.45, 7) is 0. The number of nitrogen functional groups attached to an aromatic ring is 1. The predicted octanol–water partition coefficient (Wildman–Crippen LogP) is 2.15. The van der Waals surface area contributed by atoms with Crippen LogP contribution in [0.15, 0.2) is 30.6 Å². The molecule has 0 aliphatic carbocycles. The zero-order valence-corrected chi connectivity index (χ0v) is 9.32. The van der Waals surface area contributed by atoms with Crippen LogP contribution in [0.3, 0.4) is 0 Å². The molecule has 0 aliphatic heterocycles. The van der Waals surface area contributed by atoms with E-state index in [1.165, 1.54) is 0 Å². The summed E-state index contributed by atoms with van der Waals surface area (Å²) in [7, 11) is 1.65. The van der Waals surface area contributed by atoms with E-state index in [4.69, 9.17) is 10.5 Å². The summed E-state index contributed by atoms with van der Waals surface area (Å²) in [6.07, 6.45) is 3.61. The average molecular weight is 228 g/mol. The Morgan fingerprint density at radius 2 is 2.12 bits per heavy atom. The molecule has 0 radical (unpaired) electrons. The Morgan fingerprint density at radius 3 is 2.82 bits per heavy atom. The highest BCUT2D eigenvalue weighted by Crippen LogP contribution is 2.35. The van der Waals surface area contributed by atoms with Gasteiger partial charge in [0, 0.05) is 17.1 Å². The van der Waals surface area contributed by atoms with Crippen LogP contribution in [-0.4, -0.2) is 22.3 Å². The second-order valence-corrected chi connectivity index (χ2v) is 3.78. The van der Waals surface area contributed by atoms with Gasteiger partial charge in [0.25, 0.3) is 0 Å². The molecule has 1 aromatic carbocycles. The highest BCUT2D eigenvalue weighted by Gasteiger charge is 2.12. The maximum Gasteiger partial charge on any atom is 0.142 e. The molecule has 2 heterocycles. The molecule has 0 bridgehead atoms. The minimum Gasteiger partial charge on any atom is -0.495 e. The van der Waals surface area contributed by atoms with Crippen molar-refractivity contribution in [2.75, 3.05) is 12.8 Å². The van der Waals surface area contributed by atoms with Crippen LogP contribution in [0, 0.1) is 0 Å². The molecule has 2 aromatic heterocycles. The molecular formula is C12H12N4O. The van der Waals surface area contributed by atoms with Crippen molar-refractivity contribution >= 4 is 16.7 Å². The molecule has 0 atom stereocenters. The van der Waals surface area contributed by atoms with Crippen LogP contribution in [0.25, 0.3) is 22.0 Å². The third-order valence-electron chi connectivity index (χ3n) is 2.86. The topological polar surface area (TPSA) is 79.7 Å². The molecule has 0 saturated heterocycles. The highest BCUT2D eigenvalue weighted by molar-refractivity contribution is 6.00. The monoisotopic (exact) mass is 228 g/mol. The summed E-state index contributed by atoms with van der Waals surface area (Å²) in [4.78, 5) is 3.16. The second kappa shape index (κ2) is 3.55. The lowest BCUT2D eigenvalue weighted by Crippen LogP contribution is -1.89. The third-order valence-corrected chi connectivity index (χ3v) is 2.86. The van der Waals surface area contributed by atoms with E-state index in [2.05, 4.69) is 15.2 Å². The number of aromatic amines is 2. The number of nitrogens with zero attached hydrogens (tertiary/aromatic N) is 1. The average Bonchev–Trinajstić information content (AvgIpc) is 2.96. The van der Waals surface area contributed by atoms with E-state index in [0.29, 0.717) is 5.82 Å². The number of H-pyrrole nitrogens is 2. The van der Waals surface area contributed by atoms with Crippen molar-refractivity contribution in [3.63, 3.8) is 0 Å². The number of nitrogens with one attached hydrogen (secondary N) is 2. The van der Waals surface area contributed by atoms with E-state index in [-0.39, 0.29) is 0 Å². The summed E-state index contributed by atoms with van der Waals surface area (Å²) in [5.74, 6) is 1.38. The molecule has 0 unspecified atom stereocenters. The van der Waals surface area contributed by atoms with E-state index in [0.717, 1.165) is 27.8 Å². The fraction of sp³-hybridized carbons (Fsp3) is 0.0833. The number of anilines is 1. The van der Waals surface area contributed by atoms with Crippen molar-refractivity contribution in [2.45, 2.75) is 0 Å². The van der Waals surface area contributed by atoms with Gasteiger partial charge in [-0.15, -0.1) is 0 Å². The van der Waals surface area contributed by atoms with Crippen LogP contribution in [-0.2, 0) is 0 Å². The fourth-order valence-electron chi connectivity index (χ4n) is 2.05. The number of nitrogens with two attached hydrogens (primary N) is 1. The Hall–Kier alpha value is -2.43. The molecule has 5 heteroatoms. The smallest absolute Gasteiger partial charge is 0.142 e. The number of fused-ring (bicyclic) bond motifs is 1. The number of ether oxygens (including phenoxy) is 1. The van der Waals surface area contributed by atoms with Gasteiger partial charge in [0.2, 0.25) is 0 Å². The van der Waals surface area contributed by atoms with Crippen molar-refractivity contribution < 1.29 is 4.74 Å². The number of hydrogen-bond acceptors (Lipinski definition) is 3. The second-order valence-electron chi connectivity index (χ2n) is 3.78. The zero-order chi connectivity index (χ0) is 11.8. The summed E-state index contributed by atoms with van der Waals surface area (Å²) >= 11 is 0. The van der Waals surface area contributed by atoms with Crippen molar-refractivity contribution in [3.8, 4) is 16.9 Å². The van der Waals surface area contributed by atoms with E-state index in [1.807, 2.05) is 24.4 Å². The lowest BCUT2D eigenvalue weighted by atomic mass is 10.0. The quantitative estimate of drug-likeness (QED) is 0.628. The van der Waals surface area contributed by atoms with Crippen LogP contribution < -0.4 is 10.5 Å². The number of methoxy groups -OCH3 is 1. The molecule has 5 nitrogen and oxygen atoms in total. The number of aromatic nitrogens is 3. The maximum absolute atomic E-state index is 5.84. The highest BCUT2D eigenvalue weighted by atomic mass is 16.5. The van der Waals surface area contributed by atoms with Crippen molar-refractivity contribution in [2.24, 2.45) is 0 Å². The Morgan fingerprint density at radius 1 is 1.24 bits per heavy atom. The van der Waals surface area contributed by atoms with E-state index in [9.17, 15) is 0 Å². The molecule has 86 valence electrons. The Kier molecular flexibility index (Phi) is 2.04. The first-order valence-corrected chi connectivity index (χ1v) is 5.24. The van der Waals surface area contributed by atoms with Crippen LogP contribution in [0.4, 0.5) is 5.82 Å². The lowest BCUT2D eigenvalue weighted by molar-refractivity contribution is 0.419. The maximum atomic E-state index is 5.84. The third kappa shape index (κ3) is 1.36. The van der Waals surface area contributed by atoms with Gasteiger partial charge in [0.05, 0.1) is 18.8 Å². The van der Waals surface area contributed by atoms with Crippen molar-refractivity contribution in [3.05, 3.63) is 30.6 Å². The molecule has 3 rings (SSSR count). The summed E-state index contributed by atoms with van der Waals surface area (Å²) < 4.78 is 5.30. The van der Waals surface area contributed by atoms with Gasteiger partial charge in [-0.1, -0.05) is 0 Å². The molecule has 4 N–H and O–H groups in total. The largest absolute Gasteiger partial charge is 0.495 e. The lowest BCUT2D eigenvalue weighted by Gasteiger charge is -2.06. The van der Waals surface area contributed by atoms with E-state index < -0.39 is 0 Å². The van der Waals surface area contributed by atoms with Gasteiger partial charge in [-0.3, -0.25) is 5.10 Å². The molecular weight excluding hydrogens is 216 g/mol. The van der Waals surface area contributed by atoms with Gasteiger partial charge in [-0.05, 0) is 23.8 Å². The van der Waals surface area contributed by atoms with Crippen LogP contribution in [0.1, 0.15) is 0 Å². The fourth-order valence-corrected chi connectivity index (χ4v) is 2.05. The van der Waals surface area contributed by atoms with Gasteiger partial charge in [-0.2, -0.15) is 5.10 Å². The molecule has 0 fully saturated rings. The number of rotatable bonds is 2. The molecule has 0 amide bonds. The number of hydrogen-bond donors (Lipinski definition) is 3. The summed E-state index contributed by atoms with van der Waals surface area (Å²) in [5.41, 5.74) is 8.74. The summed E-state index contributed by atoms with van der Waals surface area (Å²) in [6, 6.07) is 5.90. The first-order valence-electron chi connectivity index (χ1n) is 5.24. The van der Waals surface area contributed by atoms with E-state index in [1.54, 1.807) is 13.3 Å². The van der Waals surface area contributed by atoms with Crippen molar-refractivity contribution in [1.29, 1.82) is 0 Å². The van der Waals surface area contributed by atoms with Crippen molar-refractivity contribution in [1.82, 2.24) is 15.2 Å². The summed E-state index contributed by atoms with van der Waals surface area (Å²) in [5, 5.41) is 7.75. The van der Waals surface area contributed by atoms with E-state index >= 15 is 0 Å². The van der Waals surface area contributed by atoms with Gasteiger partial charge >= 0.3 is 0 Å².